The van der Waals surface area contributed by atoms with Gasteiger partial charge in [0.25, 0.3) is 5.89 Å². The first-order valence-electron chi connectivity index (χ1n) is 7.83. The molecule has 0 aliphatic carbocycles. The van der Waals surface area contributed by atoms with Crippen LogP contribution >= 0.6 is 15.9 Å². The Morgan fingerprint density at radius 1 is 1.37 bits per heavy atom. The van der Waals surface area contributed by atoms with E-state index in [1.165, 1.54) is 24.3 Å². The van der Waals surface area contributed by atoms with Gasteiger partial charge in [-0.1, -0.05) is 17.3 Å². The second-order valence-electron chi connectivity index (χ2n) is 5.69. The average molecular weight is 511 g/mol. The maximum Gasteiger partial charge on any atom is 0.431 e. The van der Waals surface area contributed by atoms with Crippen molar-refractivity contribution in [1.29, 1.82) is 0 Å². The molecule has 0 saturated heterocycles. The summed E-state index contributed by atoms with van der Waals surface area (Å²) in [7, 11) is -2.45. The Bertz CT molecular complexity index is 1130. The van der Waals surface area contributed by atoms with Crippen molar-refractivity contribution in [1.82, 2.24) is 10.1 Å². The highest BCUT2D eigenvalue weighted by molar-refractivity contribution is 9.12. The Kier molecular flexibility index (Phi) is 7.02. The topological polar surface area (TPSA) is 138 Å². The summed E-state index contributed by atoms with van der Waals surface area (Å²) in [6.07, 6.45) is -3.90. The minimum atomic E-state index is -4.91. The van der Waals surface area contributed by atoms with Crippen molar-refractivity contribution in [2.75, 3.05) is 19.9 Å². The van der Waals surface area contributed by atoms with Gasteiger partial charge in [0, 0.05) is 11.8 Å². The SMILES string of the molecule is COC(=O)CN=C(C(Br)=C(N)C(F)(F)F)c1nc(-c2cccc(S(C)(=O)=O)c2)no1. The molecule has 0 saturated carbocycles. The second kappa shape index (κ2) is 8.95. The van der Waals surface area contributed by atoms with Gasteiger partial charge in [0.15, 0.2) is 9.84 Å². The van der Waals surface area contributed by atoms with Crippen LogP contribution in [0.2, 0.25) is 0 Å². The number of allylic oxidation sites excluding steroid dienone is 2. The van der Waals surface area contributed by atoms with E-state index in [9.17, 15) is 26.4 Å². The van der Waals surface area contributed by atoms with Crippen LogP contribution < -0.4 is 5.73 Å². The van der Waals surface area contributed by atoms with Crippen molar-refractivity contribution >= 4 is 37.4 Å². The van der Waals surface area contributed by atoms with Gasteiger partial charge < -0.3 is 15.0 Å². The normalized spacial score (nSPS) is 13.7. The van der Waals surface area contributed by atoms with Crippen molar-refractivity contribution in [3.63, 3.8) is 0 Å². The van der Waals surface area contributed by atoms with Gasteiger partial charge in [0.05, 0.1) is 16.5 Å². The number of aromatic nitrogens is 2. The van der Waals surface area contributed by atoms with Crippen LogP contribution in [0.1, 0.15) is 5.89 Å². The van der Waals surface area contributed by atoms with E-state index >= 15 is 0 Å². The molecule has 0 aliphatic heterocycles. The van der Waals surface area contributed by atoms with E-state index in [1.807, 2.05) is 0 Å². The number of hydrogen-bond acceptors (Lipinski definition) is 9. The van der Waals surface area contributed by atoms with Crippen molar-refractivity contribution in [3.05, 3.63) is 40.3 Å². The summed E-state index contributed by atoms with van der Waals surface area (Å²) in [5.74, 6) is -1.44. The van der Waals surface area contributed by atoms with E-state index in [4.69, 9.17) is 10.3 Å². The first kappa shape index (κ1) is 23.5. The zero-order valence-corrected chi connectivity index (χ0v) is 17.8. The van der Waals surface area contributed by atoms with Crippen LogP contribution in [0, 0.1) is 0 Å². The lowest BCUT2D eigenvalue weighted by molar-refractivity contribution is -0.138. The molecule has 9 nitrogen and oxygen atoms in total. The van der Waals surface area contributed by atoms with Crippen molar-refractivity contribution < 1.29 is 35.6 Å². The molecule has 1 heterocycles. The number of methoxy groups -OCH3 is 1. The molecule has 0 bridgehead atoms. The second-order valence-corrected chi connectivity index (χ2v) is 8.50. The van der Waals surface area contributed by atoms with E-state index in [0.29, 0.717) is 0 Å². The molecule has 0 fully saturated rings. The molecule has 0 amide bonds. The molecule has 0 atom stereocenters. The highest BCUT2D eigenvalue weighted by Crippen LogP contribution is 2.29. The molecule has 1 aromatic heterocycles. The number of carbonyl (C=O) groups excluding carboxylic acids is 1. The predicted octanol–water partition coefficient (Wildman–Crippen LogP) is 2.23. The molecule has 0 spiro atoms. The lowest BCUT2D eigenvalue weighted by Gasteiger charge is -2.10. The number of nitrogens with zero attached hydrogens (tertiary/aromatic N) is 3. The van der Waals surface area contributed by atoms with Crippen molar-refractivity contribution in [2.45, 2.75) is 11.1 Å². The van der Waals surface area contributed by atoms with Crippen LogP contribution in [0.15, 0.2) is 48.9 Å². The third-order valence-corrected chi connectivity index (χ3v) is 5.41. The van der Waals surface area contributed by atoms with Gasteiger partial charge in [-0.2, -0.15) is 18.2 Å². The van der Waals surface area contributed by atoms with E-state index in [-0.39, 0.29) is 16.3 Å². The Balaban J connectivity index is 2.55. The van der Waals surface area contributed by atoms with Gasteiger partial charge in [0.1, 0.15) is 18.0 Å². The fourth-order valence-corrected chi connectivity index (χ4v) is 3.18. The molecule has 2 N–H and O–H groups in total. The number of aliphatic imine (C=N–C) groups is 1. The zero-order chi connectivity index (χ0) is 22.7. The highest BCUT2D eigenvalue weighted by Gasteiger charge is 2.36. The summed E-state index contributed by atoms with van der Waals surface area (Å²) in [6, 6.07) is 5.53. The summed E-state index contributed by atoms with van der Waals surface area (Å²) >= 11 is 2.70. The molecular weight excluding hydrogens is 497 g/mol. The molecule has 0 unspecified atom stereocenters. The Hall–Kier alpha value is -2.74. The minimum Gasteiger partial charge on any atom is -0.468 e. The van der Waals surface area contributed by atoms with Gasteiger partial charge in [-0.15, -0.1) is 0 Å². The van der Waals surface area contributed by atoms with Gasteiger partial charge in [-0.3, -0.25) is 9.79 Å². The van der Waals surface area contributed by atoms with E-state index < -0.39 is 50.3 Å². The smallest absolute Gasteiger partial charge is 0.431 e. The summed E-state index contributed by atoms with van der Waals surface area (Å²) in [6.45, 7) is -0.645. The molecule has 2 rings (SSSR count). The molecule has 30 heavy (non-hydrogen) atoms. The van der Waals surface area contributed by atoms with Crippen LogP contribution in [-0.2, 0) is 19.4 Å². The quantitative estimate of drug-likeness (QED) is 0.461. The van der Waals surface area contributed by atoms with Gasteiger partial charge in [-0.05, 0) is 28.1 Å². The maximum absolute atomic E-state index is 13.0. The lowest BCUT2D eigenvalue weighted by Crippen LogP contribution is -2.23. The number of halogens is 4. The first-order chi connectivity index (χ1) is 13.8. The van der Waals surface area contributed by atoms with Crippen LogP contribution in [0.25, 0.3) is 11.4 Å². The predicted molar refractivity (Wildman–Crippen MR) is 102 cm³/mol. The Morgan fingerprint density at radius 3 is 2.60 bits per heavy atom. The lowest BCUT2D eigenvalue weighted by atomic mass is 10.2. The summed E-state index contributed by atoms with van der Waals surface area (Å²) in [5.41, 5.74) is 3.27. The Labute approximate surface area is 176 Å². The monoisotopic (exact) mass is 510 g/mol. The van der Waals surface area contributed by atoms with Crippen LogP contribution in [-0.4, -0.2) is 56.3 Å². The zero-order valence-electron chi connectivity index (χ0n) is 15.4. The number of sulfone groups is 1. The fourth-order valence-electron chi connectivity index (χ4n) is 1.99. The first-order valence-corrected chi connectivity index (χ1v) is 10.5. The van der Waals surface area contributed by atoms with E-state index in [1.54, 1.807) is 0 Å². The molecule has 14 heteroatoms. The average Bonchev–Trinajstić information content (AvgIpc) is 3.15. The number of rotatable bonds is 6. The molecule has 162 valence electrons. The number of alkyl halides is 3. The number of esters is 1. The van der Waals surface area contributed by atoms with Crippen molar-refractivity contribution in [2.24, 2.45) is 10.7 Å². The van der Waals surface area contributed by atoms with Crippen LogP contribution in [0.5, 0.6) is 0 Å². The third kappa shape index (κ3) is 5.66. The largest absolute Gasteiger partial charge is 0.468 e. The molecule has 0 radical (unpaired) electrons. The fraction of sp³-hybridized carbons (Fsp3) is 0.250. The number of benzene rings is 1. The van der Waals surface area contributed by atoms with E-state index in [2.05, 4.69) is 35.8 Å². The number of carbonyl (C=O) groups is 1. The van der Waals surface area contributed by atoms with Gasteiger partial charge in [0.2, 0.25) is 5.82 Å². The maximum atomic E-state index is 13.0. The molecule has 2 aromatic rings. The third-order valence-electron chi connectivity index (χ3n) is 3.49. The number of hydrogen-bond donors (Lipinski definition) is 1. The summed E-state index contributed by atoms with van der Waals surface area (Å²) in [5, 5.41) is 3.64. The van der Waals surface area contributed by atoms with Gasteiger partial charge >= 0.3 is 12.1 Å². The molecule has 1 aromatic carbocycles. The van der Waals surface area contributed by atoms with Crippen LogP contribution in [0.3, 0.4) is 0 Å². The highest BCUT2D eigenvalue weighted by atomic mass is 79.9. The van der Waals surface area contributed by atoms with Gasteiger partial charge in [-0.25, -0.2) is 8.42 Å². The number of ether oxygens (including phenoxy) is 1. The van der Waals surface area contributed by atoms with E-state index in [0.717, 1.165) is 13.4 Å². The summed E-state index contributed by atoms with van der Waals surface area (Å²) < 4.78 is 71.0. The molecule has 0 aliphatic rings. The van der Waals surface area contributed by atoms with Crippen molar-refractivity contribution in [3.8, 4) is 11.4 Å². The standard InChI is InChI=1S/C16H14BrF3N4O5S/c1-28-10(25)7-22-12(11(17)13(21)16(18,19)20)15-23-14(24-29-15)8-4-3-5-9(6-8)30(2,26)27/h3-6H,7,21H2,1-2H3. The minimum absolute atomic E-state index is 0.0201. The Morgan fingerprint density at radius 2 is 2.03 bits per heavy atom. The molecular formula is C16H14BrF3N4O5S. The summed E-state index contributed by atoms with van der Waals surface area (Å²) in [4.78, 5) is 19.0. The number of nitrogens with two attached hydrogens (primary N) is 1. The van der Waals surface area contributed by atoms with Crippen LogP contribution in [0.4, 0.5) is 13.2 Å².